The van der Waals surface area contributed by atoms with Gasteiger partial charge >= 0.3 is 0 Å². The number of thiophene rings is 1. The Kier molecular flexibility index (Phi) is 5.70. The van der Waals surface area contributed by atoms with E-state index >= 15 is 0 Å². The van der Waals surface area contributed by atoms with Crippen LogP contribution in [-0.4, -0.2) is 12.6 Å². The molecule has 80 valence electrons. The Bertz CT molecular complexity index is 260. The molecule has 1 atom stereocenters. The van der Waals surface area contributed by atoms with Crippen LogP contribution in [0.2, 0.25) is 0 Å². The lowest BCUT2D eigenvalue weighted by Gasteiger charge is -2.05. The van der Waals surface area contributed by atoms with Crippen LogP contribution < -0.4 is 11.1 Å². The van der Waals surface area contributed by atoms with Crippen LogP contribution in [0.5, 0.6) is 0 Å². The van der Waals surface area contributed by atoms with Gasteiger partial charge in [0.05, 0.1) is 3.79 Å². The molecule has 0 aliphatic carbocycles. The van der Waals surface area contributed by atoms with Gasteiger partial charge in [-0.15, -0.1) is 11.3 Å². The molecule has 0 saturated heterocycles. The average molecular weight is 277 g/mol. The average Bonchev–Trinajstić information content (AvgIpc) is 2.50. The summed E-state index contributed by atoms with van der Waals surface area (Å²) in [4.78, 5) is 1.37. The molecule has 0 amide bonds. The van der Waals surface area contributed by atoms with Crippen molar-refractivity contribution in [3.63, 3.8) is 0 Å². The van der Waals surface area contributed by atoms with Crippen LogP contribution in [-0.2, 0) is 6.54 Å². The summed E-state index contributed by atoms with van der Waals surface area (Å²) in [7, 11) is 0. The van der Waals surface area contributed by atoms with Gasteiger partial charge in [-0.3, -0.25) is 0 Å². The second kappa shape index (κ2) is 6.56. The van der Waals surface area contributed by atoms with E-state index in [0.29, 0.717) is 6.04 Å². The Morgan fingerprint density at radius 3 is 2.93 bits per heavy atom. The van der Waals surface area contributed by atoms with Gasteiger partial charge in [0.1, 0.15) is 0 Å². The van der Waals surface area contributed by atoms with Crippen molar-refractivity contribution in [1.29, 1.82) is 0 Å². The minimum Gasteiger partial charge on any atom is -0.328 e. The lowest BCUT2D eigenvalue weighted by molar-refractivity contribution is 0.576. The number of rotatable bonds is 6. The van der Waals surface area contributed by atoms with Gasteiger partial charge in [-0.25, -0.2) is 0 Å². The van der Waals surface area contributed by atoms with Gasteiger partial charge in [0.2, 0.25) is 0 Å². The summed E-state index contributed by atoms with van der Waals surface area (Å²) in [6.07, 6.45) is 2.26. The van der Waals surface area contributed by atoms with E-state index in [2.05, 4.69) is 40.3 Å². The first kappa shape index (κ1) is 12.2. The molecule has 4 heteroatoms. The van der Waals surface area contributed by atoms with E-state index in [9.17, 15) is 0 Å². The first-order chi connectivity index (χ1) is 6.68. The zero-order valence-corrected chi connectivity index (χ0v) is 10.8. The summed E-state index contributed by atoms with van der Waals surface area (Å²) in [6, 6.07) is 4.56. The van der Waals surface area contributed by atoms with Crippen molar-refractivity contribution in [1.82, 2.24) is 5.32 Å². The predicted molar refractivity (Wildman–Crippen MR) is 66.6 cm³/mol. The zero-order valence-electron chi connectivity index (χ0n) is 8.42. The molecule has 0 aliphatic rings. The van der Waals surface area contributed by atoms with Crippen molar-refractivity contribution in [3.8, 4) is 0 Å². The quantitative estimate of drug-likeness (QED) is 0.785. The molecule has 0 fully saturated rings. The topological polar surface area (TPSA) is 38.0 Å². The van der Waals surface area contributed by atoms with Crippen LogP contribution in [0, 0.1) is 0 Å². The highest BCUT2D eigenvalue weighted by atomic mass is 79.9. The number of nitrogens with one attached hydrogen (secondary N) is 1. The van der Waals surface area contributed by atoms with Gasteiger partial charge in [-0.1, -0.05) is 0 Å². The molecule has 0 bridgehead atoms. The van der Waals surface area contributed by atoms with Crippen molar-refractivity contribution < 1.29 is 0 Å². The fraction of sp³-hybridized carbons (Fsp3) is 0.600. The van der Waals surface area contributed by atoms with Gasteiger partial charge in [-0.2, -0.15) is 0 Å². The van der Waals surface area contributed by atoms with Gasteiger partial charge in [0.15, 0.2) is 0 Å². The molecule has 1 heterocycles. The number of hydrogen-bond donors (Lipinski definition) is 2. The number of hydrogen-bond acceptors (Lipinski definition) is 3. The number of halogens is 1. The Labute approximate surface area is 98.0 Å². The maximum Gasteiger partial charge on any atom is 0.0701 e. The summed E-state index contributed by atoms with van der Waals surface area (Å²) in [6.45, 7) is 4.07. The molecule has 14 heavy (non-hydrogen) atoms. The second-order valence-corrected chi connectivity index (χ2v) is 6.05. The van der Waals surface area contributed by atoms with E-state index in [1.807, 2.05) is 0 Å². The largest absolute Gasteiger partial charge is 0.328 e. The van der Waals surface area contributed by atoms with Crippen LogP contribution in [0.4, 0.5) is 0 Å². The Hall–Kier alpha value is 0.1000. The van der Waals surface area contributed by atoms with Crippen LogP contribution in [0.1, 0.15) is 24.6 Å². The van der Waals surface area contributed by atoms with Crippen molar-refractivity contribution in [3.05, 3.63) is 20.8 Å². The Morgan fingerprint density at radius 2 is 2.36 bits per heavy atom. The van der Waals surface area contributed by atoms with Crippen molar-refractivity contribution in [2.45, 2.75) is 32.4 Å². The molecule has 1 aromatic heterocycles. The fourth-order valence-corrected chi connectivity index (χ4v) is 2.66. The van der Waals surface area contributed by atoms with Gasteiger partial charge in [-0.05, 0) is 54.4 Å². The third kappa shape index (κ3) is 5.10. The minimum atomic E-state index is 0.327. The third-order valence-corrected chi connectivity index (χ3v) is 3.56. The number of nitrogens with two attached hydrogens (primary N) is 1. The summed E-state index contributed by atoms with van der Waals surface area (Å²) < 4.78 is 1.20. The maximum atomic E-state index is 5.66. The van der Waals surface area contributed by atoms with E-state index in [1.165, 1.54) is 8.66 Å². The van der Waals surface area contributed by atoms with E-state index in [1.54, 1.807) is 11.3 Å². The van der Waals surface area contributed by atoms with Crippen LogP contribution in [0.15, 0.2) is 15.9 Å². The first-order valence-corrected chi connectivity index (χ1v) is 6.50. The molecule has 0 spiro atoms. The molecule has 0 aromatic carbocycles. The van der Waals surface area contributed by atoms with Gasteiger partial charge < -0.3 is 11.1 Å². The Morgan fingerprint density at radius 1 is 1.57 bits per heavy atom. The lowest BCUT2D eigenvalue weighted by Crippen LogP contribution is -2.19. The summed E-state index contributed by atoms with van der Waals surface area (Å²) in [5.41, 5.74) is 5.66. The highest BCUT2D eigenvalue weighted by molar-refractivity contribution is 9.11. The highest BCUT2D eigenvalue weighted by Gasteiger charge is 1.97. The second-order valence-electron chi connectivity index (χ2n) is 3.50. The molecular weight excluding hydrogens is 260 g/mol. The molecule has 3 N–H and O–H groups in total. The standard InChI is InChI=1S/C10H17BrN2S/c1-8(12)3-2-6-13-7-9-4-5-10(11)14-9/h4-5,8,13H,2-3,6-7,12H2,1H3. The van der Waals surface area contributed by atoms with Crippen LogP contribution in [0.25, 0.3) is 0 Å². The SMILES string of the molecule is CC(N)CCCNCc1ccc(Br)s1. The molecule has 1 unspecified atom stereocenters. The molecule has 2 nitrogen and oxygen atoms in total. The molecule has 0 saturated carbocycles. The lowest BCUT2D eigenvalue weighted by atomic mass is 10.2. The van der Waals surface area contributed by atoms with Crippen LogP contribution >= 0.6 is 27.3 Å². The van der Waals surface area contributed by atoms with Gasteiger partial charge in [0.25, 0.3) is 0 Å². The van der Waals surface area contributed by atoms with E-state index in [-0.39, 0.29) is 0 Å². The highest BCUT2D eigenvalue weighted by Crippen LogP contribution is 2.21. The summed E-state index contributed by atoms with van der Waals surface area (Å²) in [5, 5.41) is 3.40. The summed E-state index contributed by atoms with van der Waals surface area (Å²) >= 11 is 5.23. The van der Waals surface area contributed by atoms with E-state index in [0.717, 1.165) is 25.9 Å². The van der Waals surface area contributed by atoms with Crippen molar-refractivity contribution in [2.24, 2.45) is 5.73 Å². The molecule has 0 radical (unpaired) electrons. The van der Waals surface area contributed by atoms with E-state index < -0.39 is 0 Å². The monoisotopic (exact) mass is 276 g/mol. The van der Waals surface area contributed by atoms with E-state index in [4.69, 9.17) is 5.73 Å². The molecule has 1 rings (SSSR count). The van der Waals surface area contributed by atoms with Crippen molar-refractivity contribution >= 4 is 27.3 Å². The minimum absolute atomic E-state index is 0.327. The zero-order chi connectivity index (χ0) is 10.4. The Balaban J connectivity index is 2.04. The third-order valence-electron chi connectivity index (χ3n) is 1.94. The predicted octanol–water partition coefficient (Wildman–Crippen LogP) is 2.73. The molecule has 0 aliphatic heterocycles. The fourth-order valence-electron chi connectivity index (χ4n) is 1.21. The first-order valence-electron chi connectivity index (χ1n) is 4.89. The molecule has 1 aromatic rings. The van der Waals surface area contributed by atoms with Crippen molar-refractivity contribution in [2.75, 3.05) is 6.54 Å². The van der Waals surface area contributed by atoms with Crippen LogP contribution in [0.3, 0.4) is 0 Å². The molecular formula is C10H17BrN2S. The maximum absolute atomic E-state index is 5.66. The van der Waals surface area contributed by atoms with Gasteiger partial charge in [0, 0.05) is 17.5 Å². The summed E-state index contributed by atoms with van der Waals surface area (Å²) in [5.74, 6) is 0. The smallest absolute Gasteiger partial charge is 0.0701 e. The normalized spacial score (nSPS) is 13.1.